The van der Waals surface area contributed by atoms with Gasteiger partial charge in [-0.15, -0.1) is 0 Å². The first-order valence-electron chi connectivity index (χ1n) is 4.70. The molecule has 0 saturated heterocycles. The highest BCUT2D eigenvalue weighted by Crippen LogP contribution is 2.33. The molecular weight excluding hydrogens is 186 g/mol. The van der Waals surface area contributed by atoms with Gasteiger partial charge in [-0.1, -0.05) is 43.7 Å². The summed E-state index contributed by atoms with van der Waals surface area (Å²) < 4.78 is 27.0. The van der Waals surface area contributed by atoms with Crippen LogP contribution in [-0.4, -0.2) is 11.2 Å². The largest absolute Gasteiger partial charge is 0.386 e. The molecule has 0 saturated carbocycles. The van der Waals surface area contributed by atoms with Gasteiger partial charge in [-0.3, -0.25) is 0 Å². The Morgan fingerprint density at radius 3 is 2.36 bits per heavy atom. The fourth-order valence-electron chi connectivity index (χ4n) is 1.31. The van der Waals surface area contributed by atoms with E-state index in [9.17, 15) is 13.9 Å². The fourth-order valence-corrected chi connectivity index (χ4v) is 1.31. The van der Waals surface area contributed by atoms with Gasteiger partial charge in [0.15, 0.2) is 0 Å². The van der Waals surface area contributed by atoms with Crippen LogP contribution in [0, 0.1) is 0 Å². The summed E-state index contributed by atoms with van der Waals surface area (Å²) in [5, 5.41) is 9.28. The van der Waals surface area contributed by atoms with Gasteiger partial charge >= 0.3 is 0 Å². The van der Waals surface area contributed by atoms with Gasteiger partial charge in [-0.05, 0) is 6.42 Å². The minimum Gasteiger partial charge on any atom is -0.386 e. The maximum atomic E-state index is 13.5. The molecule has 3 heteroatoms. The van der Waals surface area contributed by atoms with Crippen molar-refractivity contribution in [3.8, 4) is 0 Å². The Labute approximate surface area is 82.4 Å². The first-order chi connectivity index (χ1) is 6.59. The number of aliphatic hydroxyl groups excluding tert-OH is 1. The van der Waals surface area contributed by atoms with E-state index in [1.807, 2.05) is 0 Å². The van der Waals surface area contributed by atoms with Crippen LogP contribution in [0.2, 0.25) is 0 Å². The monoisotopic (exact) mass is 200 g/mol. The van der Waals surface area contributed by atoms with Crippen LogP contribution in [0.1, 0.15) is 25.3 Å². The van der Waals surface area contributed by atoms with Crippen molar-refractivity contribution in [3.05, 3.63) is 35.9 Å². The van der Waals surface area contributed by atoms with Gasteiger partial charge in [0.1, 0.15) is 6.10 Å². The zero-order valence-electron chi connectivity index (χ0n) is 8.08. The Morgan fingerprint density at radius 2 is 1.86 bits per heavy atom. The number of hydrogen-bond donors (Lipinski definition) is 1. The zero-order valence-corrected chi connectivity index (χ0v) is 8.08. The second kappa shape index (κ2) is 4.51. The summed E-state index contributed by atoms with van der Waals surface area (Å²) in [5.74, 6) is -3.14. The smallest absolute Gasteiger partial charge is 0.298 e. The molecule has 14 heavy (non-hydrogen) atoms. The molecule has 78 valence electrons. The molecule has 1 unspecified atom stereocenters. The average molecular weight is 200 g/mol. The standard InChI is InChI=1S/C11H14F2O/c1-2-6-10(14)11(12,13)9-7-4-3-5-8-9/h3-5,7-8,10,14H,2,6H2,1H3. The summed E-state index contributed by atoms with van der Waals surface area (Å²) in [4.78, 5) is 0. The highest BCUT2D eigenvalue weighted by Gasteiger charge is 2.39. The van der Waals surface area contributed by atoms with Gasteiger partial charge in [0.25, 0.3) is 5.92 Å². The van der Waals surface area contributed by atoms with Gasteiger partial charge in [0.05, 0.1) is 0 Å². The molecule has 0 heterocycles. The van der Waals surface area contributed by atoms with Crippen LogP contribution in [0.5, 0.6) is 0 Å². The van der Waals surface area contributed by atoms with Crippen LogP contribution >= 0.6 is 0 Å². The quantitative estimate of drug-likeness (QED) is 0.792. The molecular formula is C11H14F2O. The van der Waals surface area contributed by atoms with E-state index in [-0.39, 0.29) is 12.0 Å². The summed E-state index contributed by atoms with van der Waals surface area (Å²) in [6.07, 6.45) is -0.930. The lowest BCUT2D eigenvalue weighted by Gasteiger charge is -2.22. The summed E-state index contributed by atoms with van der Waals surface area (Å²) in [6.45, 7) is 1.77. The predicted octanol–water partition coefficient (Wildman–Crippen LogP) is 2.94. The van der Waals surface area contributed by atoms with E-state index in [0.29, 0.717) is 6.42 Å². The summed E-state index contributed by atoms with van der Waals surface area (Å²) in [6, 6.07) is 7.42. The molecule has 1 aromatic carbocycles. The lowest BCUT2D eigenvalue weighted by molar-refractivity contribution is -0.117. The number of rotatable bonds is 4. The second-order valence-electron chi connectivity index (χ2n) is 3.29. The maximum Gasteiger partial charge on any atom is 0.298 e. The van der Waals surface area contributed by atoms with E-state index in [1.54, 1.807) is 25.1 Å². The normalized spacial score (nSPS) is 14.0. The minimum atomic E-state index is -3.14. The Morgan fingerprint density at radius 1 is 1.29 bits per heavy atom. The van der Waals surface area contributed by atoms with Crippen molar-refractivity contribution in [2.24, 2.45) is 0 Å². The van der Waals surface area contributed by atoms with Crippen molar-refractivity contribution in [3.63, 3.8) is 0 Å². The van der Waals surface area contributed by atoms with E-state index in [0.717, 1.165) is 0 Å². The van der Waals surface area contributed by atoms with Crippen molar-refractivity contribution in [1.29, 1.82) is 0 Å². The second-order valence-corrected chi connectivity index (χ2v) is 3.29. The highest BCUT2D eigenvalue weighted by atomic mass is 19.3. The van der Waals surface area contributed by atoms with Crippen molar-refractivity contribution in [2.75, 3.05) is 0 Å². The zero-order chi connectivity index (χ0) is 10.6. The third-order valence-electron chi connectivity index (χ3n) is 2.14. The van der Waals surface area contributed by atoms with Crippen LogP contribution in [0.4, 0.5) is 8.78 Å². The van der Waals surface area contributed by atoms with Crippen LogP contribution in [0.3, 0.4) is 0 Å². The fraction of sp³-hybridized carbons (Fsp3) is 0.455. The lowest BCUT2D eigenvalue weighted by atomic mass is 10.0. The molecule has 0 aliphatic carbocycles. The molecule has 1 atom stereocenters. The summed E-state index contributed by atoms with van der Waals surface area (Å²) in [7, 11) is 0. The topological polar surface area (TPSA) is 20.2 Å². The van der Waals surface area contributed by atoms with Crippen molar-refractivity contribution < 1.29 is 13.9 Å². The van der Waals surface area contributed by atoms with E-state index >= 15 is 0 Å². The van der Waals surface area contributed by atoms with Crippen LogP contribution < -0.4 is 0 Å². The van der Waals surface area contributed by atoms with E-state index < -0.39 is 12.0 Å². The molecule has 0 aromatic heterocycles. The number of hydrogen-bond acceptors (Lipinski definition) is 1. The first-order valence-corrected chi connectivity index (χ1v) is 4.70. The third kappa shape index (κ3) is 2.29. The summed E-state index contributed by atoms with van der Waals surface area (Å²) in [5.41, 5.74) is -0.124. The molecule has 0 fully saturated rings. The molecule has 0 radical (unpaired) electrons. The van der Waals surface area contributed by atoms with Crippen LogP contribution in [-0.2, 0) is 5.92 Å². The highest BCUT2D eigenvalue weighted by molar-refractivity contribution is 5.21. The molecule has 0 amide bonds. The molecule has 1 rings (SSSR count). The molecule has 0 aliphatic rings. The Hall–Kier alpha value is -0.960. The van der Waals surface area contributed by atoms with E-state index in [4.69, 9.17) is 0 Å². The van der Waals surface area contributed by atoms with Crippen molar-refractivity contribution in [2.45, 2.75) is 31.8 Å². The number of alkyl halides is 2. The Balaban J connectivity index is 2.84. The van der Waals surface area contributed by atoms with Gasteiger partial charge in [-0.2, -0.15) is 8.78 Å². The van der Waals surface area contributed by atoms with Gasteiger partial charge in [-0.25, -0.2) is 0 Å². The molecule has 0 spiro atoms. The molecule has 0 aliphatic heterocycles. The maximum absolute atomic E-state index is 13.5. The van der Waals surface area contributed by atoms with Gasteiger partial charge in [0, 0.05) is 5.56 Å². The van der Waals surface area contributed by atoms with Gasteiger partial charge < -0.3 is 5.11 Å². The van der Waals surface area contributed by atoms with Crippen molar-refractivity contribution in [1.82, 2.24) is 0 Å². The van der Waals surface area contributed by atoms with E-state index in [2.05, 4.69) is 0 Å². The molecule has 1 aromatic rings. The Bertz CT molecular complexity index is 272. The van der Waals surface area contributed by atoms with Gasteiger partial charge in [0.2, 0.25) is 0 Å². The lowest BCUT2D eigenvalue weighted by Crippen LogP contribution is -2.30. The molecule has 1 nitrogen and oxygen atoms in total. The average Bonchev–Trinajstić information content (AvgIpc) is 2.19. The molecule has 1 N–H and O–H groups in total. The predicted molar refractivity (Wildman–Crippen MR) is 51.3 cm³/mol. The van der Waals surface area contributed by atoms with Crippen molar-refractivity contribution >= 4 is 0 Å². The van der Waals surface area contributed by atoms with Crippen LogP contribution in [0.15, 0.2) is 30.3 Å². The van der Waals surface area contributed by atoms with Crippen LogP contribution in [0.25, 0.3) is 0 Å². The number of aliphatic hydroxyl groups is 1. The molecule has 0 bridgehead atoms. The summed E-state index contributed by atoms with van der Waals surface area (Å²) >= 11 is 0. The Kier molecular flexibility index (Phi) is 3.58. The van der Waals surface area contributed by atoms with E-state index in [1.165, 1.54) is 12.1 Å². The first kappa shape index (κ1) is 11.1. The SMILES string of the molecule is CCCC(O)C(F)(F)c1ccccc1. The minimum absolute atomic E-state index is 0.113. The number of benzene rings is 1. The third-order valence-corrected chi connectivity index (χ3v) is 2.14. The number of halogens is 2.